The molecule has 5 aromatic rings. The fourth-order valence-corrected chi connectivity index (χ4v) is 5.43. The van der Waals surface area contributed by atoms with Gasteiger partial charge in [0.15, 0.2) is 11.5 Å². The molecule has 1 aliphatic rings. The summed E-state index contributed by atoms with van der Waals surface area (Å²) in [6.45, 7) is 4.25. The minimum absolute atomic E-state index is 0.00346. The van der Waals surface area contributed by atoms with Crippen LogP contribution in [-0.4, -0.2) is 66.1 Å². The van der Waals surface area contributed by atoms with Gasteiger partial charge in [0.25, 0.3) is 0 Å². The molecule has 0 bridgehead atoms. The van der Waals surface area contributed by atoms with Crippen LogP contribution < -0.4 is 20.1 Å². The Hall–Kier alpha value is -4.86. The molecule has 16 heteroatoms. The van der Waals surface area contributed by atoms with E-state index in [9.17, 15) is 18.3 Å². The Kier molecular flexibility index (Phi) is 6.87. The average molecular weight is 600 g/mol. The molecule has 6 heterocycles. The second-order valence-corrected chi connectivity index (χ2v) is 10.0. The summed E-state index contributed by atoms with van der Waals surface area (Å²) in [6.07, 6.45) is -2.23. The van der Waals surface area contributed by atoms with Gasteiger partial charge in [-0.15, -0.1) is 0 Å². The van der Waals surface area contributed by atoms with Gasteiger partial charge in [0.1, 0.15) is 41.4 Å². The molecule has 2 atom stereocenters. The number of aliphatic hydroxyl groups excluding tert-OH is 1. The topological polar surface area (TPSA) is 161 Å². The van der Waals surface area contributed by atoms with Gasteiger partial charge in [0, 0.05) is 22.7 Å². The molecular formula is C27H25F4N9O3. The van der Waals surface area contributed by atoms with Crippen LogP contribution in [0.5, 0.6) is 11.9 Å². The van der Waals surface area contributed by atoms with E-state index in [1.165, 1.54) is 6.92 Å². The standard InChI is InChI=1S/C27H25F4N9O3/c1-11-10-43-25-17-21(19(28)20(36-25)16-15-9-34-39-23(15)35-12(2)18(16)27(29,30)31)37-26(42-8-7-41)38-24(17)40(11)13(3)14-5-4-6-33-22(14)32/h4-6,9,11,13,41H,7-8,10H2,1-3H3,(H2,32,33)(H,34,35,39)/t11-,13?/m0/s1. The smallest absolute Gasteiger partial charge is 0.418 e. The van der Waals surface area contributed by atoms with E-state index in [0.717, 1.165) is 6.20 Å². The second kappa shape index (κ2) is 10.4. The van der Waals surface area contributed by atoms with Crippen LogP contribution >= 0.6 is 0 Å². The molecule has 1 unspecified atom stereocenters. The Morgan fingerprint density at radius 1 is 1.26 bits per heavy atom. The van der Waals surface area contributed by atoms with E-state index in [1.54, 1.807) is 18.3 Å². The zero-order chi connectivity index (χ0) is 30.6. The molecule has 0 amide bonds. The van der Waals surface area contributed by atoms with Crippen molar-refractivity contribution in [3.8, 4) is 23.1 Å². The number of pyridine rings is 3. The van der Waals surface area contributed by atoms with Crippen molar-refractivity contribution in [3.05, 3.63) is 47.2 Å². The number of nitrogens with one attached hydrogen (secondary N) is 1. The quantitative estimate of drug-likeness (QED) is 0.241. The van der Waals surface area contributed by atoms with Crippen LogP contribution in [-0.2, 0) is 6.18 Å². The molecular weight excluding hydrogens is 574 g/mol. The molecule has 0 saturated carbocycles. The van der Waals surface area contributed by atoms with Gasteiger partial charge in [-0.1, -0.05) is 6.07 Å². The van der Waals surface area contributed by atoms with Gasteiger partial charge in [-0.25, -0.2) is 19.3 Å². The number of aliphatic hydroxyl groups is 1. The highest BCUT2D eigenvalue weighted by Crippen LogP contribution is 2.47. The molecule has 12 nitrogen and oxygen atoms in total. The van der Waals surface area contributed by atoms with E-state index in [4.69, 9.17) is 15.2 Å². The van der Waals surface area contributed by atoms with Gasteiger partial charge in [-0.2, -0.15) is 28.2 Å². The van der Waals surface area contributed by atoms with Crippen molar-refractivity contribution in [2.75, 3.05) is 30.5 Å². The number of hydrogen-bond donors (Lipinski definition) is 3. The number of aromatic amines is 1. The van der Waals surface area contributed by atoms with E-state index >= 15 is 4.39 Å². The number of fused-ring (bicyclic) bond motifs is 1. The summed E-state index contributed by atoms with van der Waals surface area (Å²) in [6, 6.07) is 2.30. The number of alkyl halides is 3. The number of nitrogens with zero attached hydrogens (tertiary/aromatic N) is 7. The number of ether oxygens (including phenoxy) is 2. The number of aryl methyl sites for hydroxylation is 1. The van der Waals surface area contributed by atoms with E-state index < -0.39 is 46.6 Å². The molecule has 5 aromatic heterocycles. The highest BCUT2D eigenvalue weighted by molar-refractivity contribution is 6.01. The first kappa shape index (κ1) is 28.3. The van der Waals surface area contributed by atoms with E-state index in [2.05, 4.69) is 35.1 Å². The monoisotopic (exact) mass is 599 g/mol. The van der Waals surface area contributed by atoms with Crippen LogP contribution in [0.3, 0.4) is 0 Å². The summed E-state index contributed by atoms with van der Waals surface area (Å²) in [5.41, 5.74) is 3.67. The Morgan fingerprint density at radius 3 is 2.77 bits per heavy atom. The number of rotatable bonds is 6. The van der Waals surface area contributed by atoms with Crippen molar-refractivity contribution in [1.82, 2.24) is 35.1 Å². The molecule has 43 heavy (non-hydrogen) atoms. The molecule has 1 aliphatic heterocycles. The first-order valence-corrected chi connectivity index (χ1v) is 13.2. The molecule has 0 fully saturated rings. The van der Waals surface area contributed by atoms with Crippen LogP contribution in [0.25, 0.3) is 33.2 Å². The van der Waals surface area contributed by atoms with Crippen LogP contribution in [0, 0.1) is 12.7 Å². The van der Waals surface area contributed by atoms with E-state index in [0.29, 0.717) is 5.56 Å². The number of nitrogens with two attached hydrogens (primary N) is 1. The molecule has 0 spiro atoms. The lowest BCUT2D eigenvalue weighted by molar-refractivity contribution is -0.137. The van der Waals surface area contributed by atoms with Crippen LogP contribution in [0.2, 0.25) is 0 Å². The third-order valence-corrected chi connectivity index (χ3v) is 7.25. The maximum atomic E-state index is 16.7. The molecule has 6 rings (SSSR count). The van der Waals surface area contributed by atoms with E-state index in [1.807, 2.05) is 18.7 Å². The summed E-state index contributed by atoms with van der Waals surface area (Å²) in [5.74, 6) is -0.912. The summed E-state index contributed by atoms with van der Waals surface area (Å²) in [5, 5.41) is 15.6. The second-order valence-electron chi connectivity index (χ2n) is 10.0. The number of halogens is 4. The zero-order valence-electron chi connectivity index (χ0n) is 23.1. The third kappa shape index (κ3) is 4.67. The first-order chi connectivity index (χ1) is 20.5. The van der Waals surface area contributed by atoms with Crippen molar-refractivity contribution in [3.63, 3.8) is 0 Å². The average Bonchev–Trinajstić information content (AvgIpc) is 3.37. The minimum Gasteiger partial charge on any atom is -0.475 e. The normalized spacial score (nSPS) is 15.9. The highest BCUT2D eigenvalue weighted by Gasteiger charge is 2.40. The van der Waals surface area contributed by atoms with Gasteiger partial charge in [-0.3, -0.25) is 5.10 Å². The predicted molar refractivity (Wildman–Crippen MR) is 147 cm³/mol. The molecule has 224 valence electrons. The summed E-state index contributed by atoms with van der Waals surface area (Å²) < 4.78 is 71.5. The summed E-state index contributed by atoms with van der Waals surface area (Å²) in [4.78, 5) is 23.0. The Balaban J connectivity index is 1.68. The van der Waals surface area contributed by atoms with Crippen molar-refractivity contribution < 1.29 is 32.1 Å². The third-order valence-electron chi connectivity index (χ3n) is 7.25. The summed E-state index contributed by atoms with van der Waals surface area (Å²) in [7, 11) is 0. The fraction of sp³-hybridized carbons (Fsp3) is 0.333. The van der Waals surface area contributed by atoms with Gasteiger partial charge in [-0.05, 0) is 26.8 Å². The molecule has 0 saturated heterocycles. The number of hydrogen-bond acceptors (Lipinski definition) is 11. The van der Waals surface area contributed by atoms with E-state index in [-0.39, 0.29) is 65.3 Å². The lowest BCUT2D eigenvalue weighted by Gasteiger charge is -2.34. The van der Waals surface area contributed by atoms with Gasteiger partial charge >= 0.3 is 12.2 Å². The van der Waals surface area contributed by atoms with Crippen LogP contribution in [0.1, 0.15) is 36.7 Å². The van der Waals surface area contributed by atoms with Crippen molar-refractivity contribution in [1.29, 1.82) is 0 Å². The van der Waals surface area contributed by atoms with Crippen LogP contribution in [0.4, 0.5) is 29.2 Å². The minimum atomic E-state index is -4.91. The predicted octanol–water partition coefficient (Wildman–Crippen LogP) is 4.13. The molecule has 4 N–H and O–H groups in total. The number of anilines is 2. The summed E-state index contributed by atoms with van der Waals surface area (Å²) >= 11 is 0. The Morgan fingerprint density at radius 2 is 2.05 bits per heavy atom. The number of H-pyrrole nitrogens is 1. The lowest BCUT2D eigenvalue weighted by atomic mass is 9.98. The Bertz CT molecular complexity index is 1860. The lowest BCUT2D eigenvalue weighted by Crippen LogP contribution is -2.39. The van der Waals surface area contributed by atoms with Gasteiger partial charge in [0.05, 0.1) is 36.1 Å². The van der Waals surface area contributed by atoms with Crippen molar-refractivity contribution in [2.24, 2.45) is 0 Å². The molecule has 0 aromatic carbocycles. The molecule has 0 aliphatic carbocycles. The molecule has 0 radical (unpaired) electrons. The maximum Gasteiger partial charge on any atom is 0.418 e. The van der Waals surface area contributed by atoms with Crippen LogP contribution in [0.15, 0.2) is 24.5 Å². The largest absolute Gasteiger partial charge is 0.475 e. The van der Waals surface area contributed by atoms with Gasteiger partial charge in [0.2, 0.25) is 5.88 Å². The number of nitrogen functional groups attached to an aromatic ring is 1. The number of aromatic nitrogens is 7. The van der Waals surface area contributed by atoms with Crippen molar-refractivity contribution in [2.45, 2.75) is 39.0 Å². The zero-order valence-corrected chi connectivity index (χ0v) is 23.1. The first-order valence-electron chi connectivity index (χ1n) is 13.2. The maximum absolute atomic E-state index is 16.7. The SMILES string of the molecule is Cc1nc2[nH]ncc2c(-c2nc3c4c(nc(OCCO)nc4c2F)N(C(C)c2cccnc2N)[C@@H](C)CO3)c1C(F)(F)F. The van der Waals surface area contributed by atoms with Crippen molar-refractivity contribution >= 4 is 33.6 Å². The highest BCUT2D eigenvalue weighted by atomic mass is 19.4. The Labute approximate surface area is 240 Å². The fourth-order valence-electron chi connectivity index (χ4n) is 5.43. The van der Waals surface area contributed by atoms with Gasteiger partial charge < -0.3 is 25.2 Å².